The molecule has 0 fully saturated rings. The van der Waals surface area contributed by atoms with Gasteiger partial charge in [0.05, 0.1) is 0 Å². The summed E-state index contributed by atoms with van der Waals surface area (Å²) in [7, 11) is 1.87. The van der Waals surface area contributed by atoms with Gasteiger partial charge in [0.15, 0.2) is 0 Å². The van der Waals surface area contributed by atoms with Crippen molar-refractivity contribution in [3.63, 3.8) is 0 Å². The minimum absolute atomic E-state index is 0.158. The predicted molar refractivity (Wildman–Crippen MR) is 95.8 cm³/mol. The molecule has 1 heterocycles. The van der Waals surface area contributed by atoms with Gasteiger partial charge < -0.3 is 9.47 Å². The Morgan fingerprint density at radius 2 is 1.85 bits per heavy atom. The second-order valence-corrected chi connectivity index (χ2v) is 6.80. The summed E-state index contributed by atoms with van der Waals surface area (Å²) in [4.78, 5) is 19.9. The zero-order chi connectivity index (χ0) is 20.1. The van der Waals surface area contributed by atoms with E-state index in [1.807, 2.05) is 20.9 Å². The zero-order valence-corrected chi connectivity index (χ0v) is 16.2. The highest BCUT2D eigenvalue weighted by molar-refractivity contribution is 6.20. The van der Waals surface area contributed by atoms with Crippen LogP contribution in [0.1, 0.15) is 37.6 Å². The monoisotopic (exact) mass is 364 g/mol. The molecule has 0 saturated heterocycles. The van der Waals surface area contributed by atoms with Crippen molar-refractivity contribution in [2.45, 2.75) is 47.1 Å². The standard InChI is InChI=1S/C13H15FN2O.C6H10O3/c1-8-7-11(5-6-12(8)14)17-13-9(2)10(3)16(4)15-13;1-6(2,3)9-5(8)4-7/h5-7H,1-4H3;4H,1-3H3. The Morgan fingerprint density at radius 3 is 2.23 bits per heavy atom. The lowest BCUT2D eigenvalue weighted by Crippen LogP contribution is -2.24. The van der Waals surface area contributed by atoms with Crippen molar-refractivity contribution in [2.24, 2.45) is 7.05 Å². The highest BCUT2D eigenvalue weighted by atomic mass is 19.1. The van der Waals surface area contributed by atoms with Crippen molar-refractivity contribution in [3.8, 4) is 11.6 Å². The van der Waals surface area contributed by atoms with Crippen molar-refractivity contribution < 1.29 is 23.5 Å². The third kappa shape index (κ3) is 6.31. The molecule has 6 nitrogen and oxygen atoms in total. The van der Waals surface area contributed by atoms with Crippen molar-refractivity contribution in [1.29, 1.82) is 0 Å². The fourth-order valence-corrected chi connectivity index (χ4v) is 1.90. The number of aryl methyl sites for hydroxylation is 2. The maximum Gasteiger partial charge on any atom is 0.371 e. The molecule has 2 aromatic rings. The highest BCUT2D eigenvalue weighted by Crippen LogP contribution is 2.26. The first-order valence-corrected chi connectivity index (χ1v) is 8.07. The summed E-state index contributed by atoms with van der Waals surface area (Å²) in [6, 6.07) is 4.67. The highest BCUT2D eigenvalue weighted by Gasteiger charge is 2.14. The second kappa shape index (κ2) is 8.60. The molecule has 0 amide bonds. The van der Waals surface area contributed by atoms with Gasteiger partial charge in [-0.15, -0.1) is 5.10 Å². The molecule has 0 saturated carbocycles. The van der Waals surface area contributed by atoms with Crippen LogP contribution in [0.15, 0.2) is 18.2 Å². The third-order valence-corrected chi connectivity index (χ3v) is 3.44. The van der Waals surface area contributed by atoms with Gasteiger partial charge in [-0.3, -0.25) is 9.48 Å². The van der Waals surface area contributed by atoms with E-state index in [0.717, 1.165) is 11.3 Å². The molecule has 0 unspecified atom stereocenters. The van der Waals surface area contributed by atoms with Gasteiger partial charge in [-0.05, 0) is 65.3 Å². The maximum absolute atomic E-state index is 13.1. The first-order valence-electron chi connectivity index (χ1n) is 8.07. The van der Waals surface area contributed by atoms with Crippen LogP contribution < -0.4 is 4.74 Å². The normalized spacial score (nSPS) is 10.6. The minimum atomic E-state index is -0.817. The zero-order valence-electron chi connectivity index (χ0n) is 16.2. The number of aromatic nitrogens is 2. The lowest BCUT2D eigenvalue weighted by Gasteiger charge is -2.16. The lowest BCUT2D eigenvalue weighted by molar-refractivity contribution is -0.157. The molecule has 7 heteroatoms. The van der Waals surface area contributed by atoms with Crippen LogP contribution in [0, 0.1) is 26.6 Å². The van der Waals surface area contributed by atoms with Crippen LogP contribution >= 0.6 is 0 Å². The molecule has 2 rings (SSSR count). The molecule has 0 aliphatic carbocycles. The molecular weight excluding hydrogens is 339 g/mol. The number of rotatable bonds is 3. The summed E-state index contributed by atoms with van der Waals surface area (Å²) in [6.45, 7) is 10.7. The number of hydrogen-bond acceptors (Lipinski definition) is 5. The summed E-state index contributed by atoms with van der Waals surface area (Å²) in [5, 5.41) is 4.26. The third-order valence-electron chi connectivity index (χ3n) is 3.44. The molecule has 0 bridgehead atoms. The van der Waals surface area contributed by atoms with Gasteiger partial charge in [0, 0.05) is 18.3 Å². The summed E-state index contributed by atoms with van der Waals surface area (Å²) in [5.74, 6) is 0.120. The summed E-state index contributed by atoms with van der Waals surface area (Å²) < 4.78 is 25.1. The van der Waals surface area contributed by atoms with Crippen LogP contribution in [0.5, 0.6) is 11.6 Å². The number of benzene rings is 1. The van der Waals surface area contributed by atoms with Crippen LogP contribution in [0.4, 0.5) is 4.39 Å². The number of hydrogen-bond donors (Lipinski definition) is 0. The van der Waals surface area contributed by atoms with E-state index in [0.29, 0.717) is 17.2 Å². The quantitative estimate of drug-likeness (QED) is 0.471. The molecule has 0 radical (unpaired) electrons. The van der Waals surface area contributed by atoms with Gasteiger partial charge >= 0.3 is 5.97 Å². The van der Waals surface area contributed by atoms with E-state index in [1.54, 1.807) is 44.5 Å². The Bertz CT molecular complexity index is 792. The van der Waals surface area contributed by atoms with E-state index in [9.17, 15) is 14.0 Å². The summed E-state index contributed by atoms with van der Waals surface area (Å²) >= 11 is 0. The number of carbonyl (C=O) groups excluding carboxylic acids is 2. The van der Waals surface area contributed by atoms with Crippen molar-refractivity contribution in [3.05, 3.63) is 40.8 Å². The molecular formula is C19H25FN2O4. The van der Waals surface area contributed by atoms with Gasteiger partial charge in [-0.25, -0.2) is 9.18 Å². The van der Waals surface area contributed by atoms with Gasteiger partial charge in [0.25, 0.3) is 0 Å². The Morgan fingerprint density at radius 1 is 1.23 bits per heavy atom. The second-order valence-electron chi connectivity index (χ2n) is 6.80. The lowest BCUT2D eigenvalue weighted by atomic mass is 10.2. The molecule has 0 aliphatic rings. The number of ether oxygens (including phenoxy) is 2. The Kier molecular flexibility index (Phi) is 7.06. The van der Waals surface area contributed by atoms with E-state index in [1.165, 1.54) is 6.07 Å². The summed E-state index contributed by atoms with van der Waals surface area (Å²) in [5.41, 5.74) is 2.05. The van der Waals surface area contributed by atoms with Gasteiger partial charge in [-0.1, -0.05) is 0 Å². The van der Waals surface area contributed by atoms with Crippen molar-refractivity contribution >= 4 is 12.3 Å². The number of halogens is 1. The number of aldehydes is 1. The minimum Gasteiger partial charge on any atom is -0.454 e. The molecule has 26 heavy (non-hydrogen) atoms. The van der Waals surface area contributed by atoms with Crippen LogP contribution in [0.3, 0.4) is 0 Å². The van der Waals surface area contributed by atoms with Crippen LogP contribution in [-0.4, -0.2) is 27.6 Å². The van der Waals surface area contributed by atoms with E-state index < -0.39 is 11.6 Å². The topological polar surface area (TPSA) is 70.4 Å². The number of nitrogens with zero attached hydrogens (tertiary/aromatic N) is 2. The first-order chi connectivity index (χ1) is 11.9. The molecule has 142 valence electrons. The molecule has 0 atom stereocenters. The Hall–Kier alpha value is -2.70. The smallest absolute Gasteiger partial charge is 0.371 e. The SMILES string of the molecule is CC(C)(C)OC(=O)C=O.Cc1cc(Oc2nn(C)c(C)c2C)ccc1F. The molecule has 1 aromatic heterocycles. The van der Waals surface area contributed by atoms with Crippen molar-refractivity contribution in [2.75, 3.05) is 0 Å². The number of esters is 1. The van der Waals surface area contributed by atoms with E-state index in [-0.39, 0.29) is 12.1 Å². The van der Waals surface area contributed by atoms with E-state index in [4.69, 9.17) is 4.74 Å². The average molecular weight is 364 g/mol. The van der Waals surface area contributed by atoms with Crippen molar-refractivity contribution in [1.82, 2.24) is 9.78 Å². The van der Waals surface area contributed by atoms with Gasteiger partial charge in [0.1, 0.15) is 17.2 Å². The number of carbonyl (C=O) groups is 2. The molecule has 1 aromatic carbocycles. The first kappa shape index (κ1) is 21.3. The molecule has 0 aliphatic heterocycles. The largest absolute Gasteiger partial charge is 0.454 e. The molecule has 0 spiro atoms. The molecule has 0 N–H and O–H groups in total. The fourth-order valence-electron chi connectivity index (χ4n) is 1.90. The fraction of sp³-hybridized carbons (Fsp3) is 0.421. The Labute approximate surface area is 152 Å². The van der Waals surface area contributed by atoms with Gasteiger partial charge in [0.2, 0.25) is 12.2 Å². The van der Waals surface area contributed by atoms with Crippen LogP contribution in [0.25, 0.3) is 0 Å². The van der Waals surface area contributed by atoms with Crippen LogP contribution in [0.2, 0.25) is 0 Å². The van der Waals surface area contributed by atoms with E-state index >= 15 is 0 Å². The van der Waals surface area contributed by atoms with Crippen LogP contribution in [-0.2, 0) is 21.4 Å². The summed E-state index contributed by atoms with van der Waals surface area (Å²) in [6.07, 6.45) is 0.158. The predicted octanol–water partition coefficient (Wildman–Crippen LogP) is 3.80. The van der Waals surface area contributed by atoms with Gasteiger partial charge in [-0.2, -0.15) is 0 Å². The maximum atomic E-state index is 13.1. The van der Waals surface area contributed by atoms with E-state index in [2.05, 4.69) is 9.84 Å². The Balaban J connectivity index is 0.000000321. The average Bonchev–Trinajstić information content (AvgIpc) is 2.77.